The molecule has 0 amide bonds. The summed E-state index contributed by atoms with van der Waals surface area (Å²) in [6.45, 7) is 1.82. The summed E-state index contributed by atoms with van der Waals surface area (Å²) in [5, 5.41) is 4.09. The molecule has 6 nitrogen and oxygen atoms in total. The molecule has 0 aliphatic carbocycles. The van der Waals surface area contributed by atoms with Gasteiger partial charge in [-0.25, -0.2) is 18.7 Å². The minimum absolute atomic E-state index is 0.358. The van der Waals surface area contributed by atoms with Gasteiger partial charge in [-0.2, -0.15) is 14.6 Å². The largest absolute Gasteiger partial charge is 0.283 e. The Kier molecular flexibility index (Phi) is 2.29. The fourth-order valence-corrected chi connectivity index (χ4v) is 2.27. The van der Waals surface area contributed by atoms with E-state index in [2.05, 4.69) is 20.1 Å². The van der Waals surface area contributed by atoms with E-state index >= 15 is 0 Å². The summed E-state index contributed by atoms with van der Waals surface area (Å²) in [4.78, 5) is 12.4. The number of hydrogen-bond donors (Lipinski definition) is 0. The molecule has 0 saturated heterocycles. The normalized spacial score (nSPS) is 11.6. The predicted molar refractivity (Wildman–Crippen MR) is 70.1 cm³/mol. The SMILES string of the molecule is Cc1cc(-n2cnc3cc(F)c(F)cc32)n2ncnc2n1. The van der Waals surface area contributed by atoms with Gasteiger partial charge in [0.05, 0.1) is 11.0 Å². The van der Waals surface area contributed by atoms with E-state index in [1.807, 2.05) is 6.92 Å². The lowest BCUT2D eigenvalue weighted by molar-refractivity contribution is 0.510. The summed E-state index contributed by atoms with van der Waals surface area (Å²) < 4.78 is 29.9. The Morgan fingerprint density at radius 3 is 2.71 bits per heavy atom. The number of halogens is 2. The lowest BCUT2D eigenvalue weighted by Gasteiger charge is -2.07. The number of hydrogen-bond acceptors (Lipinski definition) is 4. The van der Waals surface area contributed by atoms with E-state index in [0.717, 1.165) is 17.8 Å². The van der Waals surface area contributed by atoms with Crippen LogP contribution < -0.4 is 0 Å². The molecule has 0 fully saturated rings. The molecule has 8 heteroatoms. The standard InChI is InChI=1S/C13H8F2N6/c1-7-2-12(21-13(19-7)16-5-18-21)20-6-17-10-3-8(14)9(15)4-11(10)20/h2-6H,1H3. The van der Waals surface area contributed by atoms with Crippen LogP contribution in [-0.4, -0.2) is 29.1 Å². The average molecular weight is 286 g/mol. The molecule has 21 heavy (non-hydrogen) atoms. The highest BCUT2D eigenvalue weighted by atomic mass is 19.2. The van der Waals surface area contributed by atoms with Crippen LogP contribution >= 0.6 is 0 Å². The van der Waals surface area contributed by atoms with Crippen LogP contribution in [0, 0.1) is 18.6 Å². The Hall–Kier alpha value is -2.90. The van der Waals surface area contributed by atoms with E-state index in [1.165, 1.54) is 17.2 Å². The van der Waals surface area contributed by atoms with Crippen molar-refractivity contribution in [3.8, 4) is 5.82 Å². The first-order valence-corrected chi connectivity index (χ1v) is 6.13. The summed E-state index contributed by atoms with van der Waals surface area (Å²) in [6, 6.07) is 3.94. The summed E-state index contributed by atoms with van der Waals surface area (Å²) in [5.41, 5.74) is 1.53. The number of aromatic nitrogens is 6. The van der Waals surface area contributed by atoms with Gasteiger partial charge >= 0.3 is 0 Å². The van der Waals surface area contributed by atoms with Crippen LogP contribution in [0.15, 0.2) is 30.9 Å². The van der Waals surface area contributed by atoms with Gasteiger partial charge in [-0.1, -0.05) is 0 Å². The molecule has 0 unspecified atom stereocenters. The van der Waals surface area contributed by atoms with Crippen molar-refractivity contribution in [1.82, 2.24) is 29.1 Å². The van der Waals surface area contributed by atoms with Crippen LogP contribution in [0.1, 0.15) is 5.69 Å². The van der Waals surface area contributed by atoms with Crippen molar-refractivity contribution < 1.29 is 8.78 Å². The summed E-state index contributed by atoms with van der Waals surface area (Å²) in [7, 11) is 0. The van der Waals surface area contributed by atoms with E-state index in [0.29, 0.717) is 22.6 Å². The lowest BCUT2D eigenvalue weighted by Crippen LogP contribution is -2.05. The Labute approximate surface area is 116 Å². The maximum Gasteiger partial charge on any atom is 0.254 e. The molecule has 0 radical (unpaired) electrons. The van der Waals surface area contributed by atoms with Crippen molar-refractivity contribution in [2.24, 2.45) is 0 Å². The molecule has 4 rings (SSSR count). The molecule has 0 N–H and O–H groups in total. The molecule has 1 aromatic carbocycles. The summed E-state index contributed by atoms with van der Waals surface area (Å²) in [6.07, 6.45) is 2.87. The third kappa shape index (κ3) is 1.69. The Morgan fingerprint density at radius 2 is 1.86 bits per heavy atom. The third-order valence-electron chi connectivity index (χ3n) is 3.20. The Bertz CT molecular complexity index is 987. The molecule has 104 valence electrons. The quantitative estimate of drug-likeness (QED) is 0.537. The van der Waals surface area contributed by atoms with Gasteiger partial charge in [-0.05, 0) is 6.92 Å². The molecule has 0 atom stereocenters. The van der Waals surface area contributed by atoms with Crippen LogP contribution in [-0.2, 0) is 0 Å². The van der Waals surface area contributed by atoms with Gasteiger partial charge < -0.3 is 0 Å². The van der Waals surface area contributed by atoms with Crippen molar-refractivity contribution in [1.29, 1.82) is 0 Å². The molecule has 0 spiro atoms. The maximum atomic E-state index is 13.5. The van der Waals surface area contributed by atoms with Crippen molar-refractivity contribution >= 4 is 16.8 Å². The molecule has 0 saturated carbocycles. The van der Waals surface area contributed by atoms with Gasteiger partial charge in [0, 0.05) is 23.9 Å². The van der Waals surface area contributed by atoms with Crippen molar-refractivity contribution in [2.75, 3.05) is 0 Å². The predicted octanol–water partition coefficient (Wildman–Crippen LogP) is 2.05. The number of nitrogens with zero attached hydrogens (tertiary/aromatic N) is 6. The highest BCUT2D eigenvalue weighted by Gasteiger charge is 2.13. The first kappa shape index (κ1) is 11.9. The van der Waals surface area contributed by atoms with Gasteiger partial charge in [0.15, 0.2) is 11.6 Å². The summed E-state index contributed by atoms with van der Waals surface area (Å²) >= 11 is 0. The van der Waals surface area contributed by atoms with E-state index in [4.69, 9.17) is 0 Å². The van der Waals surface area contributed by atoms with E-state index in [1.54, 1.807) is 10.6 Å². The zero-order valence-electron chi connectivity index (χ0n) is 10.8. The van der Waals surface area contributed by atoms with Crippen LogP contribution in [0.4, 0.5) is 8.78 Å². The first-order chi connectivity index (χ1) is 10.1. The Morgan fingerprint density at radius 1 is 1.05 bits per heavy atom. The number of benzene rings is 1. The first-order valence-electron chi connectivity index (χ1n) is 6.13. The second-order valence-electron chi connectivity index (χ2n) is 4.60. The zero-order valence-corrected chi connectivity index (χ0v) is 10.8. The van der Waals surface area contributed by atoms with Crippen LogP contribution in [0.25, 0.3) is 22.6 Å². The minimum Gasteiger partial charge on any atom is -0.283 e. The van der Waals surface area contributed by atoms with Gasteiger partial charge in [-0.15, -0.1) is 0 Å². The van der Waals surface area contributed by atoms with E-state index < -0.39 is 11.6 Å². The number of imidazole rings is 1. The molecule has 0 aliphatic rings. The molecule has 0 aliphatic heterocycles. The smallest absolute Gasteiger partial charge is 0.254 e. The minimum atomic E-state index is -0.926. The van der Waals surface area contributed by atoms with Crippen molar-refractivity contribution in [3.05, 3.63) is 48.2 Å². The van der Waals surface area contributed by atoms with Gasteiger partial charge in [-0.3, -0.25) is 4.57 Å². The lowest BCUT2D eigenvalue weighted by atomic mass is 10.3. The number of fused-ring (bicyclic) bond motifs is 2. The van der Waals surface area contributed by atoms with Gasteiger partial charge in [0.25, 0.3) is 5.78 Å². The molecule has 3 heterocycles. The molecule has 3 aromatic heterocycles. The van der Waals surface area contributed by atoms with Crippen molar-refractivity contribution in [2.45, 2.75) is 6.92 Å². The highest BCUT2D eigenvalue weighted by Crippen LogP contribution is 2.21. The third-order valence-corrected chi connectivity index (χ3v) is 3.20. The molecule has 0 bridgehead atoms. The molecular formula is C13H8F2N6. The van der Waals surface area contributed by atoms with E-state index in [9.17, 15) is 8.78 Å². The second-order valence-corrected chi connectivity index (χ2v) is 4.60. The topological polar surface area (TPSA) is 60.9 Å². The molecular weight excluding hydrogens is 278 g/mol. The highest BCUT2D eigenvalue weighted by molar-refractivity contribution is 5.77. The molecule has 4 aromatic rings. The van der Waals surface area contributed by atoms with Crippen LogP contribution in [0.2, 0.25) is 0 Å². The summed E-state index contributed by atoms with van der Waals surface area (Å²) in [5.74, 6) is -0.827. The van der Waals surface area contributed by atoms with E-state index in [-0.39, 0.29) is 0 Å². The average Bonchev–Trinajstić information content (AvgIpc) is 3.05. The Balaban J connectivity index is 2.09. The second kappa shape index (κ2) is 4.05. The van der Waals surface area contributed by atoms with Crippen LogP contribution in [0.3, 0.4) is 0 Å². The van der Waals surface area contributed by atoms with Gasteiger partial charge in [0.2, 0.25) is 0 Å². The van der Waals surface area contributed by atoms with Crippen molar-refractivity contribution in [3.63, 3.8) is 0 Å². The fourth-order valence-electron chi connectivity index (χ4n) is 2.27. The monoisotopic (exact) mass is 286 g/mol. The zero-order chi connectivity index (χ0) is 14.6. The number of aryl methyl sites for hydroxylation is 1. The maximum absolute atomic E-state index is 13.5. The van der Waals surface area contributed by atoms with Gasteiger partial charge in [0.1, 0.15) is 18.5 Å². The van der Waals surface area contributed by atoms with Crippen LogP contribution in [0.5, 0.6) is 0 Å². The fraction of sp³-hybridized carbons (Fsp3) is 0.0769. The number of rotatable bonds is 1.